The van der Waals surface area contributed by atoms with Gasteiger partial charge in [-0.05, 0) is 49.7 Å². The number of benzene rings is 2. The van der Waals surface area contributed by atoms with Crippen LogP contribution in [0.5, 0.6) is 0 Å². The number of carbonyl (C=O) groups excluding carboxylic acids is 1. The molecule has 3 nitrogen and oxygen atoms in total. The largest absolute Gasteiger partial charge is 0.293 e. The van der Waals surface area contributed by atoms with Crippen LogP contribution in [0, 0.1) is 13.8 Å². The summed E-state index contributed by atoms with van der Waals surface area (Å²) in [7, 11) is -3.62. The number of Topliss-reactive ketones (excluding diaryl/α,β-unsaturated/α-hetero) is 1. The van der Waals surface area contributed by atoms with Gasteiger partial charge in [-0.2, -0.15) is 0 Å². The Bertz CT molecular complexity index is 778. The van der Waals surface area contributed by atoms with Gasteiger partial charge in [-0.25, -0.2) is 8.42 Å². The lowest BCUT2D eigenvalue weighted by molar-refractivity contribution is 0.102. The van der Waals surface area contributed by atoms with Crippen molar-refractivity contribution in [3.05, 3.63) is 63.6 Å². The van der Waals surface area contributed by atoms with Crippen LogP contribution in [0.2, 0.25) is 0 Å². The van der Waals surface area contributed by atoms with Crippen LogP contribution in [-0.4, -0.2) is 20.0 Å². The third-order valence-electron chi connectivity index (χ3n) is 3.19. The number of ketones is 1. The van der Waals surface area contributed by atoms with E-state index >= 15 is 0 Å². The molecule has 21 heavy (non-hydrogen) atoms. The molecule has 0 aliphatic heterocycles. The quantitative estimate of drug-likeness (QED) is 0.774. The van der Waals surface area contributed by atoms with Gasteiger partial charge in [0.2, 0.25) is 0 Å². The van der Waals surface area contributed by atoms with Crippen LogP contribution in [0.15, 0.2) is 51.8 Å². The molecule has 2 rings (SSSR count). The van der Waals surface area contributed by atoms with Gasteiger partial charge in [0.25, 0.3) is 0 Å². The molecule has 0 unspecified atom stereocenters. The topological polar surface area (TPSA) is 51.2 Å². The summed E-state index contributed by atoms with van der Waals surface area (Å²) in [4.78, 5) is 12.4. The fourth-order valence-corrected chi connectivity index (χ4v) is 3.49. The monoisotopic (exact) mass is 366 g/mol. The van der Waals surface area contributed by atoms with E-state index in [2.05, 4.69) is 15.9 Å². The Balaban J connectivity index is 2.30. The molecule has 0 heterocycles. The first kappa shape index (κ1) is 15.9. The van der Waals surface area contributed by atoms with E-state index in [1.165, 1.54) is 12.1 Å². The number of aryl methyl sites for hydroxylation is 2. The minimum absolute atomic E-state index is 0.157. The van der Waals surface area contributed by atoms with Crippen molar-refractivity contribution in [3.8, 4) is 0 Å². The number of sulfone groups is 1. The maximum absolute atomic E-state index is 12.3. The highest BCUT2D eigenvalue weighted by molar-refractivity contribution is 9.10. The molecule has 0 bridgehead atoms. The summed E-state index contributed by atoms with van der Waals surface area (Å²) in [5, 5.41) is 0. The van der Waals surface area contributed by atoms with Crippen molar-refractivity contribution in [3.63, 3.8) is 0 Å². The molecular formula is C16H15BrO3S. The molecule has 5 heteroatoms. The van der Waals surface area contributed by atoms with Crippen molar-refractivity contribution in [1.82, 2.24) is 0 Å². The highest BCUT2D eigenvalue weighted by Gasteiger charge is 2.21. The van der Waals surface area contributed by atoms with Crippen molar-refractivity contribution in [2.45, 2.75) is 18.7 Å². The first-order valence-corrected chi connectivity index (χ1v) is 8.83. The molecule has 0 amide bonds. The number of hydrogen-bond acceptors (Lipinski definition) is 3. The van der Waals surface area contributed by atoms with Crippen molar-refractivity contribution in [2.75, 3.05) is 5.75 Å². The lowest BCUT2D eigenvalue weighted by Crippen LogP contribution is -2.17. The molecule has 0 N–H and O–H groups in total. The van der Waals surface area contributed by atoms with Crippen LogP contribution in [0.25, 0.3) is 0 Å². The van der Waals surface area contributed by atoms with Crippen molar-refractivity contribution >= 4 is 31.6 Å². The molecule has 2 aromatic rings. The molecule has 0 spiro atoms. The summed E-state index contributed by atoms with van der Waals surface area (Å²) in [6.45, 7) is 3.68. The zero-order valence-electron chi connectivity index (χ0n) is 11.8. The van der Waals surface area contributed by atoms with Crippen LogP contribution in [0.4, 0.5) is 0 Å². The van der Waals surface area contributed by atoms with Gasteiger partial charge >= 0.3 is 0 Å². The Labute approximate surface area is 133 Å². The summed E-state index contributed by atoms with van der Waals surface area (Å²) in [5.74, 6) is -0.891. The average Bonchev–Trinajstić information content (AvgIpc) is 2.41. The van der Waals surface area contributed by atoms with Crippen LogP contribution < -0.4 is 0 Å². The fourth-order valence-electron chi connectivity index (χ4n) is 2.01. The summed E-state index contributed by atoms with van der Waals surface area (Å²) in [6.07, 6.45) is 0. The number of hydrogen-bond donors (Lipinski definition) is 0. The van der Waals surface area contributed by atoms with E-state index in [-0.39, 0.29) is 10.7 Å². The molecule has 0 saturated carbocycles. The Kier molecular flexibility index (Phi) is 4.64. The van der Waals surface area contributed by atoms with Crippen LogP contribution in [0.1, 0.15) is 21.5 Å². The normalized spacial score (nSPS) is 11.4. The summed E-state index contributed by atoms with van der Waals surface area (Å²) < 4.78 is 25.4. The number of rotatable bonds is 4. The van der Waals surface area contributed by atoms with E-state index in [0.717, 1.165) is 15.6 Å². The standard InChI is InChI=1S/C16H15BrO3S/c1-11-3-4-12(2)15(9-11)16(18)10-21(19,20)14-7-5-13(17)6-8-14/h3-9H,10H2,1-2H3. The molecule has 0 aliphatic rings. The first-order valence-electron chi connectivity index (χ1n) is 6.38. The highest BCUT2D eigenvalue weighted by atomic mass is 79.9. The van der Waals surface area contributed by atoms with Gasteiger partial charge < -0.3 is 0 Å². The second-order valence-electron chi connectivity index (χ2n) is 4.95. The smallest absolute Gasteiger partial charge is 0.185 e. The zero-order valence-corrected chi connectivity index (χ0v) is 14.2. The lowest BCUT2D eigenvalue weighted by Gasteiger charge is -2.07. The molecule has 0 radical (unpaired) electrons. The summed E-state index contributed by atoms with van der Waals surface area (Å²) in [6, 6.07) is 11.7. The average molecular weight is 367 g/mol. The Morgan fingerprint density at radius 3 is 2.29 bits per heavy atom. The SMILES string of the molecule is Cc1ccc(C)c(C(=O)CS(=O)(=O)c2ccc(Br)cc2)c1. The third-order valence-corrected chi connectivity index (χ3v) is 5.35. The maximum Gasteiger partial charge on any atom is 0.185 e. The maximum atomic E-state index is 12.3. The van der Waals surface area contributed by atoms with Gasteiger partial charge in [-0.3, -0.25) is 4.79 Å². The molecule has 0 aromatic heterocycles. The molecule has 110 valence electrons. The van der Waals surface area contributed by atoms with Crippen molar-refractivity contribution in [2.24, 2.45) is 0 Å². The second-order valence-corrected chi connectivity index (χ2v) is 7.86. The van der Waals surface area contributed by atoms with Gasteiger partial charge in [0, 0.05) is 10.0 Å². The van der Waals surface area contributed by atoms with Gasteiger partial charge in [0.05, 0.1) is 4.90 Å². The van der Waals surface area contributed by atoms with Crippen LogP contribution in [0.3, 0.4) is 0 Å². The Morgan fingerprint density at radius 2 is 1.67 bits per heavy atom. The molecule has 2 aromatic carbocycles. The highest BCUT2D eigenvalue weighted by Crippen LogP contribution is 2.18. The minimum Gasteiger partial charge on any atom is -0.293 e. The van der Waals surface area contributed by atoms with Gasteiger partial charge in [-0.15, -0.1) is 0 Å². The predicted octanol–water partition coefficient (Wildman–Crippen LogP) is 3.72. The molecule has 0 fully saturated rings. The molecule has 0 saturated heterocycles. The molecule has 0 aliphatic carbocycles. The van der Waals surface area contributed by atoms with E-state index < -0.39 is 15.6 Å². The Morgan fingerprint density at radius 1 is 1.05 bits per heavy atom. The second kappa shape index (κ2) is 6.12. The van der Waals surface area contributed by atoms with E-state index in [1.807, 2.05) is 19.1 Å². The lowest BCUT2D eigenvalue weighted by atomic mass is 10.0. The predicted molar refractivity (Wildman–Crippen MR) is 86.4 cm³/mol. The van der Waals surface area contributed by atoms with Gasteiger partial charge in [-0.1, -0.05) is 33.6 Å². The van der Waals surface area contributed by atoms with Gasteiger partial charge in [0.1, 0.15) is 5.75 Å². The van der Waals surface area contributed by atoms with E-state index in [9.17, 15) is 13.2 Å². The Hall–Kier alpha value is -1.46. The summed E-state index contributed by atoms with van der Waals surface area (Å²) in [5.41, 5.74) is 2.19. The zero-order chi connectivity index (χ0) is 15.6. The summed E-state index contributed by atoms with van der Waals surface area (Å²) >= 11 is 3.26. The van der Waals surface area contributed by atoms with E-state index in [1.54, 1.807) is 25.1 Å². The fraction of sp³-hybridized carbons (Fsp3) is 0.188. The van der Waals surface area contributed by atoms with E-state index in [4.69, 9.17) is 0 Å². The third kappa shape index (κ3) is 3.80. The molecule has 0 atom stereocenters. The van der Waals surface area contributed by atoms with Gasteiger partial charge in [0.15, 0.2) is 15.6 Å². The van der Waals surface area contributed by atoms with Crippen molar-refractivity contribution < 1.29 is 13.2 Å². The number of carbonyl (C=O) groups is 1. The first-order chi connectivity index (χ1) is 9.79. The number of halogens is 1. The van der Waals surface area contributed by atoms with E-state index in [0.29, 0.717) is 5.56 Å². The van der Waals surface area contributed by atoms with Crippen molar-refractivity contribution in [1.29, 1.82) is 0 Å². The minimum atomic E-state index is -3.62. The van der Waals surface area contributed by atoms with Crippen LogP contribution >= 0.6 is 15.9 Å². The van der Waals surface area contributed by atoms with Crippen LogP contribution in [-0.2, 0) is 9.84 Å². The molecular weight excluding hydrogens is 352 g/mol.